The Morgan fingerprint density at radius 3 is 2.42 bits per heavy atom. The van der Waals surface area contributed by atoms with Gasteiger partial charge in [0.15, 0.2) is 0 Å². The summed E-state index contributed by atoms with van der Waals surface area (Å²) in [6.07, 6.45) is 5.14. The lowest BCUT2D eigenvalue weighted by Crippen LogP contribution is -2.58. The van der Waals surface area contributed by atoms with Gasteiger partial charge < -0.3 is 9.84 Å². The first-order chi connectivity index (χ1) is 15.2. The van der Waals surface area contributed by atoms with Gasteiger partial charge in [-0.3, -0.25) is 9.88 Å². The van der Waals surface area contributed by atoms with E-state index in [0.717, 1.165) is 43.9 Å². The molecule has 31 heavy (non-hydrogen) atoms. The smallest absolute Gasteiger partial charge is 0.119 e. The summed E-state index contributed by atoms with van der Waals surface area (Å²) in [6.45, 7) is 2.76. The first kappa shape index (κ1) is 20.2. The van der Waals surface area contributed by atoms with E-state index in [1.54, 1.807) is 13.3 Å². The average molecular weight is 415 g/mol. The predicted octanol–water partition coefficient (Wildman–Crippen LogP) is 4.88. The molecule has 1 saturated carbocycles. The minimum atomic E-state index is -0.785. The van der Waals surface area contributed by atoms with Crippen molar-refractivity contribution in [2.24, 2.45) is 11.8 Å². The zero-order valence-electron chi connectivity index (χ0n) is 18.1. The number of rotatable bonds is 5. The van der Waals surface area contributed by atoms with Gasteiger partial charge >= 0.3 is 0 Å². The molecule has 1 aliphatic heterocycles. The molecule has 1 unspecified atom stereocenters. The van der Waals surface area contributed by atoms with E-state index in [2.05, 4.69) is 46.3 Å². The molecule has 2 fully saturated rings. The third kappa shape index (κ3) is 3.86. The second kappa shape index (κ2) is 8.45. The van der Waals surface area contributed by atoms with E-state index in [1.807, 2.05) is 30.3 Å². The molecule has 2 heterocycles. The Balaban J connectivity index is 1.31. The van der Waals surface area contributed by atoms with E-state index < -0.39 is 5.60 Å². The van der Waals surface area contributed by atoms with Gasteiger partial charge in [0.1, 0.15) is 11.4 Å². The number of ether oxygens (including phenoxy) is 1. The Morgan fingerprint density at radius 2 is 1.74 bits per heavy atom. The first-order valence-corrected chi connectivity index (χ1v) is 11.3. The highest BCUT2D eigenvalue weighted by atomic mass is 16.5. The molecule has 1 aliphatic carbocycles. The van der Waals surface area contributed by atoms with E-state index >= 15 is 0 Å². The zero-order valence-corrected chi connectivity index (χ0v) is 18.1. The van der Waals surface area contributed by atoms with Crippen molar-refractivity contribution in [3.05, 3.63) is 84.2 Å². The van der Waals surface area contributed by atoms with Crippen LogP contribution < -0.4 is 4.74 Å². The highest BCUT2D eigenvalue weighted by Gasteiger charge is 2.52. The normalized spacial score (nSPS) is 25.9. The lowest BCUT2D eigenvalue weighted by atomic mass is 9.64. The van der Waals surface area contributed by atoms with Gasteiger partial charge in [0.05, 0.1) is 12.8 Å². The highest BCUT2D eigenvalue weighted by Crippen LogP contribution is 2.48. The standard InChI is InChI=1S/C27H30N2O2/c1-31-25-9-4-6-22(16-25)21-13-11-20(12-14-21)17-29-18-23-7-5-8-24(19-29)27(23,30)26-10-2-3-15-28-26/h2-4,6,9-16,23-24,30H,5,7-8,17-19H2,1H3/t23-,24+,27?. The maximum absolute atomic E-state index is 11.7. The lowest BCUT2D eigenvalue weighted by molar-refractivity contribution is -0.151. The van der Waals surface area contributed by atoms with Crippen LogP contribution in [0.1, 0.15) is 30.5 Å². The number of likely N-dealkylation sites (tertiary alicyclic amines) is 1. The summed E-state index contributed by atoms with van der Waals surface area (Å²) >= 11 is 0. The molecule has 2 aliphatic rings. The number of methoxy groups -OCH3 is 1. The van der Waals surface area contributed by atoms with Gasteiger partial charge in [-0.15, -0.1) is 0 Å². The number of hydrogen-bond acceptors (Lipinski definition) is 4. The molecule has 1 saturated heterocycles. The van der Waals surface area contributed by atoms with Gasteiger partial charge in [-0.1, -0.05) is 48.9 Å². The second-order valence-corrected chi connectivity index (χ2v) is 8.99. The summed E-state index contributed by atoms with van der Waals surface area (Å²) < 4.78 is 5.35. The van der Waals surface area contributed by atoms with E-state index in [0.29, 0.717) is 0 Å². The molecule has 160 valence electrons. The second-order valence-electron chi connectivity index (χ2n) is 8.99. The molecular formula is C27H30N2O2. The van der Waals surface area contributed by atoms with Gasteiger partial charge in [0, 0.05) is 37.7 Å². The molecule has 2 aromatic carbocycles. The summed E-state index contributed by atoms with van der Waals surface area (Å²) in [5.41, 5.74) is 3.74. The Labute approximate surface area is 184 Å². The van der Waals surface area contributed by atoms with Crippen molar-refractivity contribution in [3.63, 3.8) is 0 Å². The van der Waals surface area contributed by atoms with Crippen molar-refractivity contribution in [3.8, 4) is 16.9 Å². The number of piperidine rings is 1. The molecule has 4 heteroatoms. The van der Waals surface area contributed by atoms with Crippen LogP contribution in [0.25, 0.3) is 11.1 Å². The fourth-order valence-corrected chi connectivity index (χ4v) is 5.55. The molecule has 3 aromatic rings. The predicted molar refractivity (Wildman–Crippen MR) is 123 cm³/mol. The summed E-state index contributed by atoms with van der Waals surface area (Å²) in [6, 6.07) is 22.9. The Morgan fingerprint density at radius 1 is 0.968 bits per heavy atom. The van der Waals surface area contributed by atoms with Crippen LogP contribution in [0.5, 0.6) is 5.75 Å². The molecule has 2 bridgehead atoms. The topological polar surface area (TPSA) is 45.6 Å². The van der Waals surface area contributed by atoms with Crippen LogP contribution in [-0.2, 0) is 12.1 Å². The van der Waals surface area contributed by atoms with Crippen LogP contribution >= 0.6 is 0 Å². The summed E-state index contributed by atoms with van der Waals surface area (Å²) in [5.74, 6) is 1.36. The number of aromatic nitrogens is 1. The Kier molecular flexibility index (Phi) is 5.51. The molecule has 4 nitrogen and oxygen atoms in total. The molecule has 1 aromatic heterocycles. The van der Waals surface area contributed by atoms with Crippen molar-refractivity contribution < 1.29 is 9.84 Å². The van der Waals surface area contributed by atoms with E-state index in [9.17, 15) is 5.11 Å². The van der Waals surface area contributed by atoms with Gasteiger partial charge in [-0.25, -0.2) is 0 Å². The van der Waals surface area contributed by atoms with Crippen LogP contribution in [0.4, 0.5) is 0 Å². The molecule has 0 amide bonds. The first-order valence-electron chi connectivity index (χ1n) is 11.3. The van der Waals surface area contributed by atoms with Crippen LogP contribution in [0.2, 0.25) is 0 Å². The van der Waals surface area contributed by atoms with Crippen LogP contribution in [-0.4, -0.2) is 35.2 Å². The SMILES string of the molecule is COc1cccc(-c2ccc(CN3C[C@H]4CCC[C@@H](C3)C4(O)c3ccccn3)cc2)c1. The minimum Gasteiger partial charge on any atom is -0.497 e. The van der Waals surface area contributed by atoms with Crippen molar-refractivity contribution in [2.45, 2.75) is 31.4 Å². The van der Waals surface area contributed by atoms with Crippen molar-refractivity contribution in [1.82, 2.24) is 9.88 Å². The number of nitrogens with zero attached hydrogens (tertiary/aromatic N) is 2. The van der Waals surface area contributed by atoms with Crippen molar-refractivity contribution >= 4 is 0 Å². The van der Waals surface area contributed by atoms with E-state index in [1.165, 1.54) is 23.1 Å². The molecule has 3 atom stereocenters. The van der Waals surface area contributed by atoms with Crippen molar-refractivity contribution in [1.29, 1.82) is 0 Å². The van der Waals surface area contributed by atoms with Gasteiger partial charge in [0.2, 0.25) is 0 Å². The molecule has 0 radical (unpaired) electrons. The van der Waals surface area contributed by atoms with E-state index in [4.69, 9.17) is 4.74 Å². The Bertz CT molecular complexity index is 1000. The molecule has 5 rings (SSSR count). The average Bonchev–Trinajstić information content (AvgIpc) is 2.81. The van der Waals surface area contributed by atoms with Gasteiger partial charge in [0.25, 0.3) is 0 Å². The lowest BCUT2D eigenvalue weighted by Gasteiger charge is -2.52. The zero-order chi connectivity index (χ0) is 21.3. The molecule has 0 spiro atoms. The molecule has 1 N–H and O–H groups in total. The molecular weight excluding hydrogens is 384 g/mol. The van der Waals surface area contributed by atoms with Crippen LogP contribution in [0.15, 0.2) is 72.9 Å². The third-order valence-corrected chi connectivity index (χ3v) is 7.15. The van der Waals surface area contributed by atoms with E-state index in [-0.39, 0.29) is 11.8 Å². The highest BCUT2D eigenvalue weighted by molar-refractivity contribution is 5.65. The summed E-state index contributed by atoms with van der Waals surface area (Å²) in [7, 11) is 1.70. The Hall–Kier alpha value is -2.69. The monoisotopic (exact) mass is 414 g/mol. The summed E-state index contributed by atoms with van der Waals surface area (Å²) in [5, 5.41) is 11.7. The quantitative estimate of drug-likeness (QED) is 0.647. The fraction of sp³-hybridized carbons (Fsp3) is 0.370. The van der Waals surface area contributed by atoms with Gasteiger partial charge in [-0.05, 0) is 53.8 Å². The van der Waals surface area contributed by atoms with Gasteiger partial charge in [-0.2, -0.15) is 0 Å². The minimum absolute atomic E-state index is 0.242. The van der Waals surface area contributed by atoms with Crippen LogP contribution in [0.3, 0.4) is 0 Å². The number of pyridine rings is 1. The maximum atomic E-state index is 11.7. The largest absolute Gasteiger partial charge is 0.497 e. The van der Waals surface area contributed by atoms with Crippen molar-refractivity contribution in [2.75, 3.05) is 20.2 Å². The third-order valence-electron chi connectivity index (χ3n) is 7.15. The maximum Gasteiger partial charge on any atom is 0.119 e. The fourth-order valence-electron chi connectivity index (χ4n) is 5.55. The number of fused-ring (bicyclic) bond motifs is 2. The van der Waals surface area contributed by atoms with Crippen LogP contribution in [0, 0.1) is 11.8 Å². The summed E-state index contributed by atoms with van der Waals surface area (Å²) in [4.78, 5) is 7.06. The number of aliphatic hydroxyl groups is 1. The number of benzene rings is 2. The number of hydrogen-bond donors (Lipinski definition) is 1.